The van der Waals surface area contributed by atoms with Crippen LogP contribution in [-0.2, 0) is 11.3 Å². The average Bonchev–Trinajstić information content (AvgIpc) is 2.70. The highest BCUT2D eigenvalue weighted by atomic mass is 16.5. The molecule has 1 heterocycles. The minimum absolute atomic E-state index is 0.448. The lowest BCUT2D eigenvalue weighted by Gasteiger charge is -2.06. The Morgan fingerprint density at radius 3 is 3.06 bits per heavy atom. The molecule has 2 N–H and O–H groups in total. The number of rotatable bonds is 5. The molecule has 0 aliphatic rings. The number of para-hydroxylation sites is 1. The van der Waals surface area contributed by atoms with E-state index < -0.39 is 0 Å². The fraction of sp³-hybridized carbons (Fsp3) is 0.385. The van der Waals surface area contributed by atoms with Gasteiger partial charge in [-0.2, -0.15) is 5.26 Å². The highest BCUT2D eigenvalue weighted by molar-refractivity contribution is 5.83. The molecule has 94 valence electrons. The molecule has 5 heteroatoms. The number of aryl methyl sites for hydroxylation is 1. The zero-order chi connectivity index (χ0) is 13.0. The van der Waals surface area contributed by atoms with Crippen LogP contribution in [0.25, 0.3) is 11.0 Å². The molecule has 18 heavy (non-hydrogen) atoms. The zero-order valence-electron chi connectivity index (χ0n) is 10.4. The Balaban J connectivity index is 2.28. The van der Waals surface area contributed by atoms with E-state index in [1.165, 1.54) is 0 Å². The lowest BCUT2D eigenvalue weighted by atomic mass is 10.2. The normalized spacial score (nSPS) is 10.7. The molecule has 2 rings (SSSR count). The quantitative estimate of drug-likeness (QED) is 0.815. The maximum Gasteiger partial charge on any atom is 0.201 e. The molecular formula is C13H16N4O. The first kappa shape index (κ1) is 12.4. The lowest BCUT2D eigenvalue weighted by molar-refractivity contribution is 0.142. The van der Waals surface area contributed by atoms with Gasteiger partial charge in [-0.05, 0) is 25.5 Å². The van der Waals surface area contributed by atoms with E-state index in [4.69, 9.17) is 15.7 Å². The number of nitrogens with two attached hydrogens (primary N) is 1. The van der Waals surface area contributed by atoms with E-state index in [-0.39, 0.29) is 0 Å². The first-order valence-corrected chi connectivity index (χ1v) is 6.00. The van der Waals surface area contributed by atoms with Gasteiger partial charge in [-0.1, -0.05) is 6.07 Å². The summed E-state index contributed by atoms with van der Waals surface area (Å²) < 4.78 is 7.23. The molecule has 0 saturated heterocycles. The SMILES string of the molecule is CCOCCCn1c(N)nc2c(C#N)cccc21. The number of nitrogens with zero attached hydrogens (tertiary/aromatic N) is 3. The molecule has 0 atom stereocenters. The maximum atomic E-state index is 9.02. The Labute approximate surface area is 106 Å². The van der Waals surface area contributed by atoms with Crippen molar-refractivity contribution in [1.29, 1.82) is 5.26 Å². The van der Waals surface area contributed by atoms with Gasteiger partial charge in [0.15, 0.2) is 0 Å². The topological polar surface area (TPSA) is 76.9 Å². The molecule has 0 unspecified atom stereocenters. The van der Waals surface area contributed by atoms with Crippen molar-refractivity contribution < 1.29 is 4.74 Å². The summed E-state index contributed by atoms with van der Waals surface area (Å²) in [6.07, 6.45) is 0.875. The van der Waals surface area contributed by atoms with Gasteiger partial charge in [0.05, 0.1) is 11.1 Å². The first-order valence-electron chi connectivity index (χ1n) is 6.00. The van der Waals surface area contributed by atoms with Crippen LogP contribution >= 0.6 is 0 Å². The van der Waals surface area contributed by atoms with Crippen LogP contribution in [0.2, 0.25) is 0 Å². The molecule has 5 nitrogen and oxygen atoms in total. The van der Waals surface area contributed by atoms with Crippen LogP contribution in [0.1, 0.15) is 18.9 Å². The first-order chi connectivity index (χ1) is 8.77. The Morgan fingerprint density at radius 1 is 1.50 bits per heavy atom. The standard InChI is InChI=1S/C13H16N4O/c1-2-18-8-4-7-17-11-6-3-5-10(9-14)12(11)16-13(17)15/h3,5-6H,2,4,7-8H2,1H3,(H2,15,16). The van der Waals surface area contributed by atoms with Gasteiger partial charge in [0.25, 0.3) is 0 Å². The molecule has 0 amide bonds. The molecule has 0 aliphatic heterocycles. The van der Waals surface area contributed by atoms with E-state index in [0.717, 1.165) is 25.1 Å². The van der Waals surface area contributed by atoms with Gasteiger partial charge in [0.2, 0.25) is 5.95 Å². The molecule has 0 aliphatic carbocycles. The molecule has 2 aromatic rings. The highest BCUT2D eigenvalue weighted by Gasteiger charge is 2.10. The summed E-state index contributed by atoms with van der Waals surface area (Å²) in [6.45, 7) is 4.14. The monoisotopic (exact) mass is 244 g/mol. The zero-order valence-corrected chi connectivity index (χ0v) is 10.4. The number of nitrogen functional groups attached to an aromatic ring is 1. The molecule has 1 aromatic heterocycles. The summed E-state index contributed by atoms with van der Waals surface area (Å²) in [5.74, 6) is 0.448. The molecule has 0 saturated carbocycles. The van der Waals surface area contributed by atoms with Crippen LogP contribution < -0.4 is 5.73 Å². The van der Waals surface area contributed by atoms with Crippen LogP contribution in [0.3, 0.4) is 0 Å². The lowest BCUT2D eigenvalue weighted by Crippen LogP contribution is -2.06. The van der Waals surface area contributed by atoms with Crippen LogP contribution in [0.4, 0.5) is 5.95 Å². The number of fused-ring (bicyclic) bond motifs is 1. The fourth-order valence-electron chi connectivity index (χ4n) is 1.96. The van der Waals surface area contributed by atoms with E-state index in [9.17, 15) is 0 Å². The molecule has 0 radical (unpaired) electrons. The number of hydrogen-bond donors (Lipinski definition) is 1. The van der Waals surface area contributed by atoms with Gasteiger partial charge in [-0.15, -0.1) is 0 Å². The third kappa shape index (κ3) is 2.29. The van der Waals surface area contributed by atoms with Crippen LogP contribution in [0.5, 0.6) is 0 Å². The Kier molecular flexibility index (Phi) is 3.80. The van der Waals surface area contributed by atoms with Gasteiger partial charge in [0.1, 0.15) is 11.6 Å². The predicted molar refractivity (Wildman–Crippen MR) is 70.0 cm³/mol. The van der Waals surface area contributed by atoms with Crippen LogP contribution in [-0.4, -0.2) is 22.8 Å². The Hall–Kier alpha value is -2.06. The molecule has 1 aromatic carbocycles. The number of imidazole rings is 1. The van der Waals surface area contributed by atoms with Crippen molar-refractivity contribution in [3.8, 4) is 6.07 Å². The van der Waals surface area contributed by atoms with Gasteiger partial charge in [0, 0.05) is 19.8 Å². The number of aromatic nitrogens is 2. The number of anilines is 1. The summed E-state index contributed by atoms with van der Waals surface area (Å²) in [5, 5.41) is 9.02. The van der Waals surface area contributed by atoms with Gasteiger partial charge < -0.3 is 15.0 Å². The predicted octanol–water partition coefficient (Wildman–Crippen LogP) is 1.92. The van der Waals surface area contributed by atoms with Crippen molar-refractivity contribution in [1.82, 2.24) is 9.55 Å². The number of ether oxygens (including phenoxy) is 1. The third-order valence-electron chi connectivity index (χ3n) is 2.80. The number of benzene rings is 1. The van der Waals surface area contributed by atoms with Crippen LogP contribution in [0, 0.1) is 11.3 Å². The van der Waals surface area contributed by atoms with Gasteiger partial charge in [-0.3, -0.25) is 0 Å². The van der Waals surface area contributed by atoms with Crippen molar-refractivity contribution in [2.75, 3.05) is 18.9 Å². The van der Waals surface area contributed by atoms with E-state index in [0.29, 0.717) is 23.6 Å². The van der Waals surface area contributed by atoms with Crippen LogP contribution in [0.15, 0.2) is 18.2 Å². The summed E-state index contributed by atoms with van der Waals surface area (Å²) in [5.41, 5.74) is 8.03. The summed E-state index contributed by atoms with van der Waals surface area (Å²) in [7, 11) is 0. The summed E-state index contributed by atoms with van der Waals surface area (Å²) in [4.78, 5) is 4.26. The van der Waals surface area contributed by atoms with Gasteiger partial charge in [-0.25, -0.2) is 4.98 Å². The van der Waals surface area contributed by atoms with Gasteiger partial charge >= 0.3 is 0 Å². The second-order valence-corrected chi connectivity index (χ2v) is 3.96. The highest BCUT2D eigenvalue weighted by Crippen LogP contribution is 2.21. The van der Waals surface area contributed by atoms with Crippen molar-refractivity contribution in [2.24, 2.45) is 0 Å². The Morgan fingerprint density at radius 2 is 2.33 bits per heavy atom. The van der Waals surface area contributed by atoms with E-state index in [2.05, 4.69) is 11.1 Å². The van der Waals surface area contributed by atoms with Crippen molar-refractivity contribution in [2.45, 2.75) is 19.9 Å². The largest absolute Gasteiger partial charge is 0.382 e. The minimum Gasteiger partial charge on any atom is -0.382 e. The summed E-state index contributed by atoms with van der Waals surface area (Å²) >= 11 is 0. The minimum atomic E-state index is 0.448. The second-order valence-electron chi connectivity index (χ2n) is 3.96. The van der Waals surface area contributed by atoms with E-state index in [1.807, 2.05) is 23.6 Å². The maximum absolute atomic E-state index is 9.02. The third-order valence-corrected chi connectivity index (χ3v) is 2.80. The second kappa shape index (κ2) is 5.52. The molecular weight excluding hydrogens is 228 g/mol. The summed E-state index contributed by atoms with van der Waals surface area (Å²) in [6, 6.07) is 7.66. The molecule has 0 bridgehead atoms. The molecule has 0 fully saturated rings. The Bertz CT molecular complexity index is 582. The molecule has 0 spiro atoms. The van der Waals surface area contributed by atoms with E-state index >= 15 is 0 Å². The number of nitriles is 1. The van der Waals surface area contributed by atoms with Crippen molar-refractivity contribution >= 4 is 17.0 Å². The number of hydrogen-bond acceptors (Lipinski definition) is 4. The van der Waals surface area contributed by atoms with Crippen molar-refractivity contribution in [3.63, 3.8) is 0 Å². The van der Waals surface area contributed by atoms with E-state index in [1.54, 1.807) is 6.07 Å². The smallest absolute Gasteiger partial charge is 0.201 e. The fourth-order valence-corrected chi connectivity index (χ4v) is 1.96. The average molecular weight is 244 g/mol. The van der Waals surface area contributed by atoms with Crippen molar-refractivity contribution in [3.05, 3.63) is 23.8 Å².